The van der Waals surface area contributed by atoms with Crippen LogP contribution in [0, 0.1) is 0 Å². The van der Waals surface area contributed by atoms with Crippen molar-refractivity contribution in [3.05, 3.63) is 29.3 Å². The zero-order valence-corrected chi connectivity index (χ0v) is 11.3. The predicted octanol–water partition coefficient (Wildman–Crippen LogP) is 0.357. The van der Waals surface area contributed by atoms with Crippen LogP contribution < -0.4 is 15.8 Å². The van der Waals surface area contributed by atoms with Crippen molar-refractivity contribution in [3.63, 3.8) is 0 Å². The Morgan fingerprint density at radius 1 is 1.44 bits per heavy atom. The molecule has 0 radical (unpaired) electrons. The maximum atomic E-state index is 11.0. The topological polar surface area (TPSA) is 89.4 Å². The number of primary sulfonamides is 1. The van der Waals surface area contributed by atoms with E-state index in [2.05, 4.69) is 11.0 Å². The predicted molar refractivity (Wildman–Crippen MR) is 72.9 cm³/mol. The molecule has 1 aliphatic rings. The van der Waals surface area contributed by atoms with Crippen molar-refractivity contribution in [2.24, 2.45) is 10.9 Å². The van der Waals surface area contributed by atoms with Gasteiger partial charge in [0.2, 0.25) is 10.0 Å². The standard InChI is InChI=1S/C12H19N3O2S/c1-9(13)10-2-3-12-11(8-10)4-5-15(12)6-7-18(14,16)17/h2-3,8-9H,4-7,13H2,1H3,(H2,14,16,17). The average Bonchev–Trinajstić information content (AvgIpc) is 2.67. The molecule has 1 aromatic rings. The Morgan fingerprint density at radius 3 is 2.78 bits per heavy atom. The van der Waals surface area contributed by atoms with E-state index in [4.69, 9.17) is 10.9 Å². The summed E-state index contributed by atoms with van der Waals surface area (Å²) in [6.45, 7) is 3.24. The molecular weight excluding hydrogens is 250 g/mol. The van der Waals surface area contributed by atoms with Crippen molar-refractivity contribution in [1.29, 1.82) is 0 Å². The highest BCUT2D eigenvalue weighted by molar-refractivity contribution is 7.89. The van der Waals surface area contributed by atoms with Gasteiger partial charge in [-0.25, -0.2) is 13.6 Å². The molecule has 1 atom stereocenters. The van der Waals surface area contributed by atoms with Crippen molar-refractivity contribution in [1.82, 2.24) is 0 Å². The minimum atomic E-state index is -3.40. The summed E-state index contributed by atoms with van der Waals surface area (Å²) >= 11 is 0. The van der Waals surface area contributed by atoms with Crippen molar-refractivity contribution >= 4 is 15.7 Å². The zero-order chi connectivity index (χ0) is 13.3. The van der Waals surface area contributed by atoms with Crippen LogP contribution in [0.2, 0.25) is 0 Å². The lowest BCUT2D eigenvalue weighted by Crippen LogP contribution is -2.30. The smallest absolute Gasteiger partial charge is 0.210 e. The van der Waals surface area contributed by atoms with Crippen molar-refractivity contribution < 1.29 is 8.42 Å². The first-order valence-electron chi connectivity index (χ1n) is 6.00. The van der Waals surface area contributed by atoms with Crippen LogP contribution in [-0.2, 0) is 16.4 Å². The molecule has 0 bridgehead atoms. The molecule has 0 spiro atoms. The zero-order valence-electron chi connectivity index (χ0n) is 10.5. The third-order valence-electron chi connectivity index (χ3n) is 3.27. The van der Waals surface area contributed by atoms with Gasteiger partial charge < -0.3 is 10.6 Å². The Labute approximate surface area is 108 Å². The Hall–Kier alpha value is -1.11. The number of anilines is 1. The molecule has 0 fully saturated rings. The first-order valence-corrected chi connectivity index (χ1v) is 7.72. The van der Waals surface area contributed by atoms with Gasteiger partial charge in [-0.15, -0.1) is 0 Å². The van der Waals surface area contributed by atoms with Gasteiger partial charge in [-0.2, -0.15) is 0 Å². The van der Waals surface area contributed by atoms with E-state index in [0.29, 0.717) is 6.54 Å². The number of sulfonamides is 1. The van der Waals surface area contributed by atoms with Crippen molar-refractivity contribution in [2.45, 2.75) is 19.4 Å². The highest BCUT2D eigenvalue weighted by Gasteiger charge is 2.20. The van der Waals surface area contributed by atoms with Crippen molar-refractivity contribution in [2.75, 3.05) is 23.7 Å². The summed E-state index contributed by atoms with van der Waals surface area (Å²) in [5.74, 6) is -0.0124. The molecule has 0 amide bonds. The third-order valence-corrected chi connectivity index (χ3v) is 4.02. The summed E-state index contributed by atoms with van der Waals surface area (Å²) in [5.41, 5.74) is 9.30. The Balaban J connectivity index is 2.14. The minimum absolute atomic E-state index is 0.0124. The van der Waals surface area contributed by atoms with Crippen LogP contribution in [0.4, 0.5) is 5.69 Å². The van der Waals surface area contributed by atoms with Gasteiger partial charge in [0.1, 0.15) is 0 Å². The molecule has 0 saturated carbocycles. The highest BCUT2D eigenvalue weighted by Crippen LogP contribution is 2.29. The minimum Gasteiger partial charge on any atom is -0.370 e. The van der Waals surface area contributed by atoms with Gasteiger partial charge in [-0.3, -0.25) is 0 Å². The Kier molecular flexibility index (Phi) is 3.61. The van der Waals surface area contributed by atoms with Gasteiger partial charge in [0.05, 0.1) is 5.75 Å². The lowest BCUT2D eigenvalue weighted by Gasteiger charge is -2.19. The SMILES string of the molecule is CC(N)c1ccc2c(c1)CCN2CCS(N)(=O)=O. The second-order valence-corrected chi connectivity index (χ2v) is 6.51. The van der Waals surface area contributed by atoms with Crippen LogP contribution >= 0.6 is 0 Å². The van der Waals surface area contributed by atoms with Crippen LogP contribution in [0.5, 0.6) is 0 Å². The summed E-state index contributed by atoms with van der Waals surface area (Å²) in [7, 11) is -3.40. The molecule has 1 heterocycles. The average molecular weight is 269 g/mol. The quantitative estimate of drug-likeness (QED) is 0.825. The van der Waals surface area contributed by atoms with Gasteiger partial charge in [0.25, 0.3) is 0 Å². The Bertz CT molecular complexity index is 540. The number of nitrogens with two attached hydrogens (primary N) is 2. The number of benzene rings is 1. The van der Waals surface area contributed by atoms with E-state index in [-0.39, 0.29) is 11.8 Å². The highest BCUT2D eigenvalue weighted by atomic mass is 32.2. The van der Waals surface area contributed by atoms with E-state index in [1.54, 1.807) is 0 Å². The summed E-state index contributed by atoms with van der Waals surface area (Å²) in [4.78, 5) is 2.06. The first kappa shape index (κ1) is 13.3. The van der Waals surface area contributed by atoms with E-state index >= 15 is 0 Å². The number of nitrogens with zero attached hydrogens (tertiary/aromatic N) is 1. The fourth-order valence-electron chi connectivity index (χ4n) is 2.24. The molecule has 6 heteroatoms. The largest absolute Gasteiger partial charge is 0.370 e. The molecule has 100 valence electrons. The van der Waals surface area contributed by atoms with E-state index in [9.17, 15) is 8.42 Å². The molecule has 0 aromatic heterocycles. The summed E-state index contributed by atoms with van der Waals surface area (Å²) in [6.07, 6.45) is 0.931. The summed E-state index contributed by atoms with van der Waals surface area (Å²) in [5, 5.41) is 5.03. The second kappa shape index (κ2) is 4.87. The van der Waals surface area contributed by atoms with Crippen molar-refractivity contribution in [3.8, 4) is 0 Å². The normalized spacial score (nSPS) is 16.7. The third kappa shape index (κ3) is 3.01. The molecule has 0 aliphatic carbocycles. The van der Waals surface area contributed by atoms with Crippen LogP contribution in [-0.4, -0.2) is 27.3 Å². The lowest BCUT2D eigenvalue weighted by atomic mass is 10.0. The molecule has 1 aromatic carbocycles. The molecule has 4 N–H and O–H groups in total. The van der Waals surface area contributed by atoms with E-state index in [1.165, 1.54) is 5.56 Å². The number of rotatable bonds is 4. The molecule has 2 rings (SSSR count). The summed E-state index contributed by atoms with van der Waals surface area (Å²) in [6, 6.07) is 6.15. The molecule has 1 aliphatic heterocycles. The fraction of sp³-hybridized carbons (Fsp3) is 0.500. The Morgan fingerprint density at radius 2 is 2.17 bits per heavy atom. The number of hydrogen-bond donors (Lipinski definition) is 2. The second-order valence-electron chi connectivity index (χ2n) is 4.78. The number of fused-ring (bicyclic) bond motifs is 1. The van der Waals surface area contributed by atoms with Crippen LogP contribution in [0.1, 0.15) is 24.1 Å². The van der Waals surface area contributed by atoms with Gasteiger partial charge in [-0.05, 0) is 30.5 Å². The molecule has 5 nitrogen and oxygen atoms in total. The molecular formula is C12H19N3O2S. The van der Waals surface area contributed by atoms with Crippen LogP contribution in [0.3, 0.4) is 0 Å². The maximum absolute atomic E-state index is 11.0. The first-order chi connectivity index (χ1) is 8.37. The lowest BCUT2D eigenvalue weighted by molar-refractivity contribution is 0.596. The van der Waals surface area contributed by atoms with Crippen LogP contribution in [0.15, 0.2) is 18.2 Å². The van der Waals surface area contributed by atoms with E-state index in [0.717, 1.165) is 24.2 Å². The van der Waals surface area contributed by atoms with Gasteiger partial charge in [0.15, 0.2) is 0 Å². The maximum Gasteiger partial charge on any atom is 0.210 e. The van der Waals surface area contributed by atoms with Crippen LogP contribution in [0.25, 0.3) is 0 Å². The van der Waals surface area contributed by atoms with E-state index < -0.39 is 10.0 Å². The molecule has 18 heavy (non-hydrogen) atoms. The number of hydrogen-bond acceptors (Lipinski definition) is 4. The molecule has 1 unspecified atom stereocenters. The fourth-order valence-corrected chi connectivity index (χ4v) is 2.72. The van der Waals surface area contributed by atoms with Gasteiger partial charge in [0, 0.05) is 24.8 Å². The van der Waals surface area contributed by atoms with Gasteiger partial charge >= 0.3 is 0 Å². The van der Waals surface area contributed by atoms with Gasteiger partial charge in [-0.1, -0.05) is 12.1 Å². The molecule has 0 saturated heterocycles. The summed E-state index contributed by atoms with van der Waals surface area (Å²) < 4.78 is 22.0. The monoisotopic (exact) mass is 269 g/mol. The van der Waals surface area contributed by atoms with E-state index in [1.807, 2.05) is 19.1 Å².